The first kappa shape index (κ1) is 10.5. The minimum Gasteiger partial charge on any atom is -0.478 e. The normalized spacial score (nSPS) is 11.9. The van der Waals surface area contributed by atoms with Gasteiger partial charge in [-0.15, -0.1) is 0 Å². The Morgan fingerprint density at radius 1 is 1.25 bits per heavy atom. The number of pyridine rings is 1. The van der Waals surface area contributed by atoms with Crippen molar-refractivity contribution in [1.82, 2.24) is 4.40 Å². The summed E-state index contributed by atoms with van der Waals surface area (Å²) in [5, 5.41) is 8.68. The maximum absolute atomic E-state index is 12.4. The van der Waals surface area contributed by atoms with Gasteiger partial charge in [0.1, 0.15) is 0 Å². The molecule has 0 radical (unpaired) electrons. The van der Waals surface area contributed by atoms with Gasteiger partial charge in [0.15, 0.2) is 0 Å². The molecule has 2 aromatic heterocycles. The molecule has 0 aliphatic rings. The average Bonchev–Trinajstić information content (AvgIpc) is 2.58. The molecule has 0 amide bonds. The van der Waals surface area contributed by atoms with Crippen molar-refractivity contribution in [2.75, 3.05) is 0 Å². The van der Waals surface area contributed by atoms with Crippen LogP contribution in [0.1, 0.15) is 15.9 Å². The second-order valence-corrected chi connectivity index (χ2v) is 3.28. The Morgan fingerprint density at radius 2 is 1.94 bits per heavy atom. The van der Waals surface area contributed by atoms with Crippen molar-refractivity contribution >= 4 is 11.5 Å². The Morgan fingerprint density at radius 3 is 2.50 bits per heavy atom. The van der Waals surface area contributed by atoms with Gasteiger partial charge < -0.3 is 9.51 Å². The zero-order valence-electron chi connectivity index (χ0n) is 7.82. The van der Waals surface area contributed by atoms with Crippen molar-refractivity contribution in [1.29, 1.82) is 0 Å². The molecule has 16 heavy (non-hydrogen) atoms. The number of carboxylic acid groups (broad SMARTS) is 1. The number of carboxylic acids is 1. The second kappa shape index (κ2) is 3.26. The van der Waals surface area contributed by atoms with E-state index in [2.05, 4.69) is 0 Å². The maximum Gasteiger partial charge on any atom is 0.417 e. The van der Waals surface area contributed by atoms with Gasteiger partial charge in [-0.05, 0) is 18.2 Å². The summed E-state index contributed by atoms with van der Waals surface area (Å²) in [6.45, 7) is 0. The van der Waals surface area contributed by atoms with Crippen LogP contribution in [0.3, 0.4) is 0 Å². The van der Waals surface area contributed by atoms with Crippen LogP contribution >= 0.6 is 0 Å². The Balaban J connectivity index is 2.58. The lowest BCUT2D eigenvalue weighted by Gasteiger charge is -2.06. The number of hydrogen-bond acceptors (Lipinski definition) is 1. The number of halogens is 3. The van der Waals surface area contributed by atoms with E-state index in [1.54, 1.807) is 0 Å². The smallest absolute Gasteiger partial charge is 0.417 e. The van der Waals surface area contributed by atoms with Crippen LogP contribution in [0, 0.1) is 0 Å². The standard InChI is InChI=1S/C10H6F3NO2/c11-10(12,13)7-1-2-8-3-6(9(15)16)4-14(8)5-7/h1-5H,(H,15,16). The van der Waals surface area contributed by atoms with E-state index in [0.29, 0.717) is 5.52 Å². The van der Waals surface area contributed by atoms with E-state index in [1.165, 1.54) is 12.1 Å². The molecule has 0 atom stereocenters. The molecule has 0 spiro atoms. The molecule has 0 saturated carbocycles. The molecule has 2 rings (SSSR count). The molecule has 2 heterocycles. The summed E-state index contributed by atoms with van der Waals surface area (Å²) >= 11 is 0. The van der Waals surface area contributed by atoms with E-state index < -0.39 is 17.7 Å². The number of aromatic nitrogens is 1. The van der Waals surface area contributed by atoms with E-state index in [0.717, 1.165) is 22.9 Å². The lowest BCUT2D eigenvalue weighted by molar-refractivity contribution is -0.137. The molecule has 0 aromatic carbocycles. The van der Waals surface area contributed by atoms with E-state index in [4.69, 9.17) is 5.11 Å². The highest BCUT2D eigenvalue weighted by Gasteiger charge is 2.30. The number of rotatable bonds is 1. The van der Waals surface area contributed by atoms with Gasteiger partial charge in [0.25, 0.3) is 0 Å². The Bertz CT molecular complexity index is 557. The SMILES string of the molecule is O=C(O)c1cc2ccc(C(F)(F)F)cn2c1. The summed E-state index contributed by atoms with van der Waals surface area (Å²) in [6, 6.07) is 3.46. The number of nitrogens with zero attached hydrogens (tertiary/aromatic N) is 1. The minimum absolute atomic E-state index is 0.0423. The van der Waals surface area contributed by atoms with Gasteiger partial charge in [-0.1, -0.05) is 0 Å². The Labute approximate surface area is 87.7 Å². The monoisotopic (exact) mass is 229 g/mol. The lowest BCUT2D eigenvalue weighted by atomic mass is 10.2. The zero-order chi connectivity index (χ0) is 11.9. The summed E-state index contributed by atoms with van der Waals surface area (Å²) in [5.41, 5.74) is -0.447. The third-order valence-electron chi connectivity index (χ3n) is 2.17. The van der Waals surface area contributed by atoms with Gasteiger partial charge in [-0.3, -0.25) is 0 Å². The van der Waals surface area contributed by atoms with E-state index in [1.807, 2.05) is 0 Å². The summed E-state index contributed by atoms with van der Waals surface area (Å²) < 4.78 is 38.2. The molecule has 0 unspecified atom stereocenters. The first-order valence-electron chi connectivity index (χ1n) is 4.30. The maximum atomic E-state index is 12.4. The Hall–Kier alpha value is -1.98. The van der Waals surface area contributed by atoms with Crippen molar-refractivity contribution in [3.05, 3.63) is 41.7 Å². The molecule has 2 aromatic rings. The van der Waals surface area contributed by atoms with Gasteiger partial charge in [0.05, 0.1) is 11.1 Å². The summed E-state index contributed by atoms with van der Waals surface area (Å²) in [6.07, 6.45) is -2.42. The molecule has 0 aliphatic carbocycles. The summed E-state index contributed by atoms with van der Waals surface area (Å²) in [5.74, 6) is -1.17. The molecular formula is C10H6F3NO2. The van der Waals surface area contributed by atoms with E-state index in [-0.39, 0.29) is 5.56 Å². The molecule has 0 saturated heterocycles. The van der Waals surface area contributed by atoms with Crippen molar-refractivity contribution in [2.45, 2.75) is 6.18 Å². The van der Waals surface area contributed by atoms with E-state index >= 15 is 0 Å². The quantitative estimate of drug-likeness (QED) is 0.816. The van der Waals surface area contributed by atoms with Crippen LogP contribution in [0.15, 0.2) is 30.6 Å². The predicted molar refractivity (Wildman–Crippen MR) is 49.4 cm³/mol. The first-order valence-corrected chi connectivity index (χ1v) is 4.30. The lowest BCUT2D eigenvalue weighted by Crippen LogP contribution is -2.05. The molecule has 6 heteroatoms. The third kappa shape index (κ3) is 1.73. The van der Waals surface area contributed by atoms with Crippen LogP contribution in [0.2, 0.25) is 0 Å². The number of aromatic carboxylic acids is 1. The minimum atomic E-state index is -4.43. The van der Waals surface area contributed by atoms with Gasteiger partial charge in [-0.25, -0.2) is 4.79 Å². The van der Waals surface area contributed by atoms with Crippen molar-refractivity contribution < 1.29 is 23.1 Å². The van der Waals surface area contributed by atoms with Gasteiger partial charge in [-0.2, -0.15) is 13.2 Å². The molecule has 84 valence electrons. The largest absolute Gasteiger partial charge is 0.478 e. The van der Waals surface area contributed by atoms with Crippen molar-refractivity contribution in [3.8, 4) is 0 Å². The van der Waals surface area contributed by atoms with Crippen LogP contribution in [0.25, 0.3) is 5.52 Å². The fraction of sp³-hybridized carbons (Fsp3) is 0.100. The summed E-state index contributed by atoms with van der Waals surface area (Å²) in [4.78, 5) is 10.6. The number of carbonyl (C=O) groups is 1. The highest BCUT2D eigenvalue weighted by atomic mass is 19.4. The molecule has 0 fully saturated rings. The Kier molecular flexibility index (Phi) is 2.15. The fourth-order valence-electron chi connectivity index (χ4n) is 1.39. The predicted octanol–water partition coefficient (Wildman–Crippen LogP) is 2.66. The highest BCUT2D eigenvalue weighted by molar-refractivity contribution is 5.89. The number of fused-ring (bicyclic) bond motifs is 1. The molecule has 0 bridgehead atoms. The molecule has 0 aliphatic heterocycles. The molecule has 1 N–H and O–H groups in total. The van der Waals surface area contributed by atoms with Crippen molar-refractivity contribution in [3.63, 3.8) is 0 Å². The van der Waals surface area contributed by atoms with Gasteiger partial charge >= 0.3 is 12.1 Å². The van der Waals surface area contributed by atoms with Crippen LogP contribution in [-0.4, -0.2) is 15.5 Å². The number of hydrogen-bond donors (Lipinski definition) is 1. The van der Waals surface area contributed by atoms with Crippen LogP contribution in [0.5, 0.6) is 0 Å². The molecule has 3 nitrogen and oxygen atoms in total. The zero-order valence-corrected chi connectivity index (χ0v) is 7.82. The van der Waals surface area contributed by atoms with Crippen LogP contribution in [-0.2, 0) is 6.18 Å². The second-order valence-electron chi connectivity index (χ2n) is 3.28. The fourth-order valence-corrected chi connectivity index (χ4v) is 1.39. The van der Waals surface area contributed by atoms with E-state index in [9.17, 15) is 18.0 Å². The van der Waals surface area contributed by atoms with Gasteiger partial charge in [0, 0.05) is 17.9 Å². The average molecular weight is 229 g/mol. The highest BCUT2D eigenvalue weighted by Crippen LogP contribution is 2.29. The first-order chi connectivity index (χ1) is 7.38. The van der Waals surface area contributed by atoms with Crippen LogP contribution < -0.4 is 0 Å². The van der Waals surface area contributed by atoms with Crippen LogP contribution in [0.4, 0.5) is 13.2 Å². The third-order valence-corrected chi connectivity index (χ3v) is 2.17. The van der Waals surface area contributed by atoms with Gasteiger partial charge in [0.2, 0.25) is 0 Å². The number of alkyl halides is 3. The summed E-state index contributed by atoms with van der Waals surface area (Å²) in [7, 11) is 0. The molecular weight excluding hydrogens is 223 g/mol. The topological polar surface area (TPSA) is 41.7 Å². The van der Waals surface area contributed by atoms with Crippen molar-refractivity contribution in [2.24, 2.45) is 0 Å².